The zero-order valence-corrected chi connectivity index (χ0v) is 26.3. The third-order valence-electron chi connectivity index (χ3n) is 9.13. The predicted octanol–water partition coefficient (Wildman–Crippen LogP) is 10.9. The molecule has 2 heterocycles. The summed E-state index contributed by atoms with van der Waals surface area (Å²) < 4.78 is 7.37. The summed E-state index contributed by atoms with van der Waals surface area (Å²) in [6.45, 7) is 4.64. The van der Waals surface area contributed by atoms with Crippen molar-refractivity contribution in [2.24, 2.45) is 0 Å². The summed E-state index contributed by atoms with van der Waals surface area (Å²) in [6, 6.07) is 44.6. The molecule has 0 radical (unpaired) electrons. The first kappa shape index (κ1) is 26.2. The van der Waals surface area contributed by atoms with Gasteiger partial charge in [0.25, 0.3) is 0 Å². The van der Waals surface area contributed by atoms with E-state index in [9.17, 15) is 0 Å². The fourth-order valence-corrected chi connectivity index (χ4v) is 7.21. The molecule has 45 heavy (non-hydrogen) atoms. The largest absolute Gasteiger partial charge is 0.456 e. The number of anilines is 3. The average Bonchev–Trinajstić information content (AvgIpc) is 3.72. The Morgan fingerprint density at radius 2 is 1.20 bits per heavy atom. The van der Waals surface area contributed by atoms with Crippen LogP contribution < -0.4 is 4.90 Å². The molecule has 5 nitrogen and oxygen atoms in total. The number of furan rings is 1. The highest BCUT2D eigenvalue weighted by atomic mass is 79.9. The summed E-state index contributed by atoms with van der Waals surface area (Å²) in [5.74, 6) is 0. The zero-order valence-electron chi connectivity index (χ0n) is 24.7. The van der Waals surface area contributed by atoms with Gasteiger partial charge in [-0.3, -0.25) is 0 Å². The van der Waals surface area contributed by atoms with Gasteiger partial charge in [0, 0.05) is 43.8 Å². The molecule has 6 heteroatoms. The van der Waals surface area contributed by atoms with E-state index in [0.29, 0.717) is 0 Å². The summed E-state index contributed by atoms with van der Waals surface area (Å²) in [5.41, 5.74) is 12.7. The van der Waals surface area contributed by atoms with E-state index in [-0.39, 0.29) is 5.41 Å². The Hall–Kier alpha value is -5.20. The van der Waals surface area contributed by atoms with E-state index in [1.807, 2.05) is 30.3 Å². The number of halogens is 1. The summed E-state index contributed by atoms with van der Waals surface area (Å²) in [6.07, 6.45) is 0. The van der Waals surface area contributed by atoms with Crippen molar-refractivity contribution in [2.45, 2.75) is 19.3 Å². The minimum atomic E-state index is -0.110. The molecule has 0 N–H and O–H groups in total. The lowest BCUT2D eigenvalue weighted by atomic mass is 9.82. The molecule has 0 spiro atoms. The molecule has 0 unspecified atom stereocenters. The smallest absolute Gasteiger partial charge is 0.137 e. The van der Waals surface area contributed by atoms with Crippen LogP contribution in [0.4, 0.5) is 17.1 Å². The summed E-state index contributed by atoms with van der Waals surface area (Å²) in [4.78, 5) is 4.01. The summed E-state index contributed by atoms with van der Waals surface area (Å²) in [5, 5.41) is 11.6. The van der Waals surface area contributed by atoms with Gasteiger partial charge in [-0.05, 0) is 101 Å². The molecule has 0 bridgehead atoms. The van der Waals surface area contributed by atoms with E-state index < -0.39 is 0 Å². The molecule has 0 saturated carbocycles. The summed E-state index contributed by atoms with van der Waals surface area (Å²) in [7, 11) is 0. The first-order chi connectivity index (χ1) is 21.9. The van der Waals surface area contributed by atoms with Crippen LogP contribution in [0.1, 0.15) is 25.0 Å². The number of hydrogen-bond donors (Lipinski definition) is 0. The van der Waals surface area contributed by atoms with Gasteiger partial charge in [0.05, 0.1) is 5.69 Å². The molecule has 0 atom stereocenters. The van der Waals surface area contributed by atoms with Crippen molar-refractivity contribution in [1.29, 1.82) is 0 Å². The number of nitrogens with zero attached hydrogens (tertiary/aromatic N) is 4. The Kier molecular flexibility index (Phi) is 5.62. The van der Waals surface area contributed by atoms with Gasteiger partial charge in [0.1, 0.15) is 22.2 Å². The Morgan fingerprint density at radius 1 is 0.600 bits per heavy atom. The van der Waals surface area contributed by atoms with Crippen molar-refractivity contribution in [2.75, 3.05) is 4.90 Å². The molecule has 6 aromatic carbocycles. The van der Waals surface area contributed by atoms with Crippen LogP contribution in [0.3, 0.4) is 0 Å². The van der Waals surface area contributed by atoms with Gasteiger partial charge in [-0.1, -0.05) is 72.2 Å². The lowest BCUT2D eigenvalue weighted by molar-refractivity contribution is 0.660. The first-order valence-electron chi connectivity index (χ1n) is 15.0. The topological polar surface area (TPSA) is 47.1 Å². The van der Waals surface area contributed by atoms with Crippen molar-refractivity contribution >= 4 is 66.0 Å². The van der Waals surface area contributed by atoms with Crippen molar-refractivity contribution in [3.63, 3.8) is 0 Å². The van der Waals surface area contributed by atoms with E-state index in [2.05, 4.69) is 142 Å². The fourth-order valence-electron chi connectivity index (χ4n) is 6.87. The van der Waals surface area contributed by atoms with Crippen LogP contribution in [-0.2, 0) is 5.41 Å². The first-order valence-corrected chi connectivity index (χ1v) is 15.8. The third-order valence-corrected chi connectivity index (χ3v) is 9.62. The average molecular weight is 648 g/mol. The monoisotopic (exact) mass is 646 g/mol. The highest BCUT2D eigenvalue weighted by Gasteiger charge is 2.35. The molecule has 1 aliphatic carbocycles. The van der Waals surface area contributed by atoms with Gasteiger partial charge < -0.3 is 9.32 Å². The molecule has 2 aromatic heterocycles. The third kappa shape index (κ3) is 4.06. The van der Waals surface area contributed by atoms with Crippen molar-refractivity contribution in [1.82, 2.24) is 15.0 Å². The van der Waals surface area contributed by atoms with Crippen molar-refractivity contribution in [3.8, 4) is 16.8 Å². The standard InChI is InChI=1S/C39H27BrN4O/c1-39(2)33-8-4-3-7-29(33)30-19-16-27(22-34(30)39)43(28-17-20-32-31-18-11-24(40)21-37(31)45-38(32)23-28)25-12-14-26(15-13-25)44-41-35-9-5-6-10-36(35)42-44/h3-23H,1-2H3. The van der Waals surface area contributed by atoms with Gasteiger partial charge in [-0.2, -0.15) is 4.80 Å². The van der Waals surface area contributed by atoms with Gasteiger partial charge in [-0.15, -0.1) is 10.2 Å². The number of rotatable bonds is 4. The van der Waals surface area contributed by atoms with Gasteiger partial charge >= 0.3 is 0 Å². The van der Waals surface area contributed by atoms with E-state index in [1.54, 1.807) is 4.80 Å². The van der Waals surface area contributed by atoms with Crippen LogP contribution in [0.2, 0.25) is 0 Å². The molecule has 8 aromatic rings. The normalized spacial score (nSPS) is 13.4. The molecule has 1 aliphatic rings. The maximum Gasteiger partial charge on any atom is 0.137 e. The van der Waals surface area contributed by atoms with Crippen LogP contribution in [0.5, 0.6) is 0 Å². The molecule has 216 valence electrons. The second-order valence-corrected chi connectivity index (χ2v) is 13.1. The van der Waals surface area contributed by atoms with Crippen molar-refractivity contribution < 1.29 is 4.42 Å². The van der Waals surface area contributed by atoms with Gasteiger partial charge in [-0.25, -0.2) is 0 Å². The van der Waals surface area contributed by atoms with Gasteiger partial charge in [0.2, 0.25) is 0 Å². The van der Waals surface area contributed by atoms with Crippen LogP contribution in [-0.4, -0.2) is 15.0 Å². The highest BCUT2D eigenvalue weighted by Crippen LogP contribution is 2.50. The van der Waals surface area contributed by atoms with Gasteiger partial charge in [0.15, 0.2) is 0 Å². The van der Waals surface area contributed by atoms with E-state index in [4.69, 9.17) is 4.42 Å². The molecule has 0 saturated heterocycles. The van der Waals surface area contributed by atoms with Crippen LogP contribution in [0, 0.1) is 0 Å². The van der Waals surface area contributed by atoms with E-state index in [1.165, 1.54) is 22.3 Å². The maximum atomic E-state index is 6.37. The molecule has 9 rings (SSSR count). The SMILES string of the molecule is CC1(C)c2ccccc2-c2ccc(N(c3ccc(-n4nc5ccccc5n4)cc3)c3ccc4c(c3)oc3cc(Br)ccc34)cc21. The van der Waals surface area contributed by atoms with Crippen LogP contribution >= 0.6 is 15.9 Å². The van der Waals surface area contributed by atoms with Crippen LogP contribution in [0.15, 0.2) is 136 Å². The van der Waals surface area contributed by atoms with Crippen molar-refractivity contribution in [3.05, 3.63) is 143 Å². The highest BCUT2D eigenvalue weighted by molar-refractivity contribution is 9.10. The minimum absolute atomic E-state index is 0.110. The zero-order chi connectivity index (χ0) is 30.3. The second-order valence-electron chi connectivity index (χ2n) is 12.2. The molecular weight excluding hydrogens is 620 g/mol. The lowest BCUT2D eigenvalue weighted by Gasteiger charge is -2.28. The van der Waals surface area contributed by atoms with E-state index in [0.717, 1.165) is 60.2 Å². The number of benzene rings is 6. The maximum absolute atomic E-state index is 6.37. The number of fused-ring (bicyclic) bond motifs is 7. The van der Waals surface area contributed by atoms with Crippen LogP contribution in [0.25, 0.3) is 49.8 Å². The number of hydrogen-bond acceptors (Lipinski definition) is 4. The Labute approximate surface area is 268 Å². The fraction of sp³-hybridized carbons (Fsp3) is 0.0769. The molecule has 0 fully saturated rings. The Morgan fingerprint density at radius 3 is 1.98 bits per heavy atom. The summed E-state index contributed by atoms with van der Waals surface area (Å²) >= 11 is 3.59. The second kappa shape index (κ2) is 9.65. The minimum Gasteiger partial charge on any atom is -0.456 e. The molecule has 0 aliphatic heterocycles. The Balaban J connectivity index is 1.20. The lowest BCUT2D eigenvalue weighted by Crippen LogP contribution is -2.16. The predicted molar refractivity (Wildman–Crippen MR) is 186 cm³/mol. The molecular formula is C39H27BrN4O. The Bertz CT molecular complexity index is 2400. The number of aromatic nitrogens is 3. The quantitative estimate of drug-likeness (QED) is 0.191. The molecule has 0 amide bonds. The van der Waals surface area contributed by atoms with E-state index >= 15 is 0 Å².